The van der Waals surface area contributed by atoms with Gasteiger partial charge in [-0.3, -0.25) is 0 Å². The van der Waals surface area contributed by atoms with Gasteiger partial charge in [-0.05, 0) is 63.2 Å². The van der Waals surface area contributed by atoms with Gasteiger partial charge in [0.15, 0.2) is 0 Å². The minimum Gasteiger partial charge on any atom is -0.0622 e. The summed E-state index contributed by atoms with van der Waals surface area (Å²) >= 11 is 0. The van der Waals surface area contributed by atoms with E-state index in [1.807, 2.05) is 0 Å². The molecule has 0 spiro atoms. The molecule has 0 atom stereocenters. The topological polar surface area (TPSA) is 0 Å². The van der Waals surface area contributed by atoms with Crippen molar-refractivity contribution in [3.05, 3.63) is 121 Å². The highest BCUT2D eigenvalue weighted by Crippen LogP contribution is 2.36. The Morgan fingerprint density at radius 3 is 1.34 bits per heavy atom. The number of rotatable bonds is 3. The first kappa shape index (κ1) is 17.5. The van der Waals surface area contributed by atoms with Crippen LogP contribution in [0.2, 0.25) is 0 Å². The molecule has 0 saturated carbocycles. The van der Waals surface area contributed by atoms with Gasteiger partial charge in [0.25, 0.3) is 0 Å². The van der Waals surface area contributed by atoms with Crippen LogP contribution in [0.25, 0.3) is 44.2 Å². The van der Waals surface area contributed by atoms with Crippen molar-refractivity contribution in [2.24, 2.45) is 0 Å². The molecule has 5 aromatic carbocycles. The highest BCUT2D eigenvalue weighted by atomic mass is 14.1. The summed E-state index contributed by atoms with van der Waals surface area (Å²) in [4.78, 5) is 0. The van der Waals surface area contributed by atoms with E-state index in [-0.39, 0.29) is 0 Å². The molecule has 5 aromatic rings. The Bertz CT molecular complexity index is 1260. The molecule has 138 valence electrons. The molecular weight excluding hydrogens is 348 g/mol. The van der Waals surface area contributed by atoms with Gasteiger partial charge in [-0.25, -0.2) is 0 Å². The van der Waals surface area contributed by atoms with Gasteiger partial charge >= 0.3 is 0 Å². The highest BCUT2D eigenvalue weighted by Gasteiger charge is 2.10. The number of benzene rings is 5. The normalized spacial score (nSPS) is 10.9. The summed E-state index contributed by atoms with van der Waals surface area (Å²) < 4.78 is 0. The molecule has 0 aliphatic rings. The molecule has 0 heterocycles. The summed E-state index contributed by atoms with van der Waals surface area (Å²) in [5.74, 6) is 0. The second kappa shape index (κ2) is 7.41. The van der Waals surface area contributed by atoms with Crippen LogP contribution in [0.4, 0.5) is 0 Å². The van der Waals surface area contributed by atoms with Crippen molar-refractivity contribution in [2.75, 3.05) is 0 Å². The van der Waals surface area contributed by atoms with Gasteiger partial charge in [-0.2, -0.15) is 0 Å². The Morgan fingerprint density at radius 1 is 0.379 bits per heavy atom. The number of hydrogen-bond donors (Lipinski definition) is 0. The molecule has 5 rings (SSSR count). The molecule has 0 unspecified atom stereocenters. The predicted octanol–water partition coefficient (Wildman–Crippen LogP) is 8.15. The molecule has 0 nitrogen and oxygen atoms in total. The van der Waals surface area contributed by atoms with E-state index in [1.165, 1.54) is 49.7 Å². The van der Waals surface area contributed by atoms with Crippen LogP contribution in [0.1, 0.15) is 5.56 Å². The third-order valence-corrected chi connectivity index (χ3v) is 5.55. The van der Waals surface area contributed by atoms with Gasteiger partial charge in [-0.15, -0.1) is 0 Å². The van der Waals surface area contributed by atoms with Crippen molar-refractivity contribution in [3.63, 3.8) is 0 Å². The molecule has 29 heavy (non-hydrogen) atoms. The van der Waals surface area contributed by atoms with Crippen LogP contribution >= 0.6 is 0 Å². The summed E-state index contributed by atoms with van der Waals surface area (Å²) in [5.41, 5.74) is 8.81. The standard InChI is InChI=1S/C29H22/c1-21-11-13-24(14-12-21)28-19-26-9-5-6-10-27(26)20-29(28)25-17-15-23(16-18-25)22-7-3-2-4-8-22/h2-20H,1H3. The third-order valence-electron chi connectivity index (χ3n) is 5.55. The Morgan fingerprint density at radius 2 is 0.793 bits per heavy atom. The number of aryl methyl sites for hydroxylation is 1. The molecular formula is C29H22. The fourth-order valence-corrected chi connectivity index (χ4v) is 3.92. The van der Waals surface area contributed by atoms with Gasteiger partial charge in [0.1, 0.15) is 0 Å². The second-order valence-corrected chi connectivity index (χ2v) is 7.55. The van der Waals surface area contributed by atoms with E-state index in [4.69, 9.17) is 0 Å². The SMILES string of the molecule is Cc1ccc(-c2cc3ccccc3cc2-c2ccc(-c3ccccc3)cc2)cc1. The Labute approximate surface area is 172 Å². The summed E-state index contributed by atoms with van der Waals surface area (Å²) in [5, 5.41) is 2.54. The van der Waals surface area contributed by atoms with Crippen LogP contribution in [0.3, 0.4) is 0 Å². The minimum absolute atomic E-state index is 1.24. The lowest BCUT2D eigenvalue weighted by Crippen LogP contribution is -1.88. The lowest BCUT2D eigenvalue weighted by atomic mass is 9.90. The number of hydrogen-bond acceptors (Lipinski definition) is 0. The first-order valence-electron chi connectivity index (χ1n) is 10.0. The Hall–Kier alpha value is -3.64. The van der Waals surface area contributed by atoms with Crippen LogP contribution < -0.4 is 0 Å². The lowest BCUT2D eigenvalue weighted by molar-refractivity contribution is 1.47. The zero-order valence-corrected chi connectivity index (χ0v) is 16.5. The van der Waals surface area contributed by atoms with Crippen molar-refractivity contribution < 1.29 is 0 Å². The summed E-state index contributed by atoms with van der Waals surface area (Å²) in [6.07, 6.45) is 0. The first-order chi connectivity index (χ1) is 14.3. The minimum atomic E-state index is 1.24. The Kier molecular flexibility index (Phi) is 4.46. The maximum Gasteiger partial charge on any atom is -0.00990 e. The molecule has 0 amide bonds. The van der Waals surface area contributed by atoms with E-state index in [0.717, 1.165) is 0 Å². The highest BCUT2D eigenvalue weighted by molar-refractivity contribution is 5.96. The molecule has 0 N–H and O–H groups in total. The van der Waals surface area contributed by atoms with E-state index in [9.17, 15) is 0 Å². The van der Waals surface area contributed by atoms with E-state index < -0.39 is 0 Å². The maximum atomic E-state index is 2.32. The average molecular weight is 370 g/mol. The molecule has 0 saturated heterocycles. The molecule has 0 radical (unpaired) electrons. The van der Waals surface area contributed by atoms with E-state index in [2.05, 4.69) is 122 Å². The number of fused-ring (bicyclic) bond motifs is 1. The van der Waals surface area contributed by atoms with Crippen molar-refractivity contribution in [2.45, 2.75) is 6.92 Å². The van der Waals surface area contributed by atoms with Gasteiger partial charge in [0.05, 0.1) is 0 Å². The molecule has 0 bridgehead atoms. The third kappa shape index (κ3) is 3.46. The molecule has 0 aliphatic carbocycles. The predicted molar refractivity (Wildman–Crippen MR) is 125 cm³/mol. The van der Waals surface area contributed by atoms with Crippen molar-refractivity contribution in [1.29, 1.82) is 0 Å². The van der Waals surface area contributed by atoms with Gasteiger partial charge < -0.3 is 0 Å². The van der Waals surface area contributed by atoms with E-state index in [0.29, 0.717) is 0 Å². The Balaban J connectivity index is 1.67. The maximum absolute atomic E-state index is 2.32. The molecule has 0 heteroatoms. The average Bonchev–Trinajstić information content (AvgIpc) is 2.79. The van der Waals surface area contributed by atoms with Gasteiger partial charge in [0, 0.05) is 0 Å². The van der Waals surface area contributed by atoms with Crippen LogP contribution in [0, 0.1) is 6.92 Å². The van der Waals surface area contributed by atoms with Crippen LogP contribution in [-0.4, -0.2) is 0 Å². The summed E-state index contributed by atoms with van der Waals surface area (Å²) in [6.45, 7) is 2.13. The van der Waals surface area contributed by atoms with Crippen molar-refractivity contribution in [3.8, 4) is 33.4 Å². The van der Waals surface area contributed by atoms with Gasteiger partial charge in [0.2, 0.25) is 0 Å². The van der Waals surface area contributed by atoms with E-state index >= 15 is 0 Å². The van der Waals surface area contributed by atoms with Crippen molar-refractivity contribution in [1.82, 2.24) is 0 Å². The van der Waals surface area contributed by atoms with Gasteiger partial charge in [-0.1, -0.05) is 109 Å². The first-order valence-corrected chi connectivity index (χ1v) is 10.0. The fraction of sp³-hybridized carbons (Fsp3) is 0.0345. The smallest absolute Gasteiger partial charge is 0.00990 e. The van der Waals surface area contributed by atoms with Crippen LogP contribution in [-0.2, 0) is 0 Å². The fourth-order valence-electron chi connectivity index (χ4n) is 3.92. The summed E-state index contributed by atoms with van der Waals surface area (Å²) in [7, 11) is 0. The van der Waals surface area contributed by atoms with Crippen LogP contribution in [0.5, 0.6) is 0 Å². The molecule has 0 aliphatic heterocycles. The molecule has 0 fully saturated rings. The quantitative estimate of drug-likeness (QED) is 0.300. The monoisotopic (exact) mass is 370 g/mol. The zero-order chi connectivity index (χ0) is 19.6. The van der Waals surface area contributed by atoms with Crippen molar-refractivity contribution >= 4 is 10.8 Å². The zero-order valence-electron chi connectivity index (χ0n) is 16.5. The largest absolute Gasteiger partial charge is 0.0622 e. The van der Waals surface area contributed by atoms with Crippen LogP contribution in [0.15, 0.2) is 115 Å². The summed E-state index contributed by atoms with van der Waals surface area (Å²) in [6, 6.07) is 41.5. The second-order valence-electron chi connectivity index (χ2n) is 7.55. The molecule has 0 aromatic heterocycles. The van der Waals surface area contributed by atoms with E-state index in [1.54, 1.807) is 0 Å². The lowest BCUT2D eigenvalue weighted by Gasteiger charge is -2.14.